The lowest BCUT2D eigenvalue weighted by molar-refractivity contribution is -0.127. The number of nitrogens with zero attached hydrogens (tertiary/aromatic N) is 3. The molecule has 1 aliphatic rings. The second kappa shape index (κ2) is 10.2. The average Bonchev–Trinajstić information content (AvgIpc) is 3.11. The zero-order valence-corrected chi connectivity index (χ0v) is 16.5. The van der Waals surface area contributed by atoms with Crippen molar-refractivity contribution in [1.82, 2.24) is 20.4 Å². The van der Waals surface area contributed by atoms with Gasteiger partial charge in [-0.25, -0.2) is 4.99 Å². The van der Waals surface area contributed by atoms with Crippen LogP contribution < -0.4 is 10.6 Å². The third-order valence-corrected chi connectivity index (χ3v) is 4.93. The zero-order valence-electron chi connectivity index (χ0n) is 16.5. The molecule has 0 aliphatic carbocycles. The minimum Gasteiger partial charge on any atom is -0.355 e. The Morgan fingerprint density at radius 2 is 2.08 bits per heavy atom. The van der Waals surface area contributed by atoms with E-state index >= 15 is 0 Å². The first-order chi connectivity index (χ1) is 12.5. The molecule has 144 valence electrons. The van der Waals surface area contributed by atoms with Crippen LogP contribution in [-0.4, -0.2) is 68.0 Å². The summed E-state index contributed by atoms with van der Waals surface area (Å²) in [6, 6.07) is 10.9. The van der Waals surface area contributed by atoms with E-state index in [1.807, 2.05) is 18.2 Å². The number of carbonyl (C=O) groups is 1. The van der Waals surface area contributed by atoms with Gasteiger partial charge in [-0.1, -0.05) is 37.3 Å². The van der Waals surface area contributed by atoms with Crippen LogP contribution in [0.15, 0.2) is 35.3 Å². The van der Waals surface area contributed by atoms with E-state index < -0.39 is 0 Å². The zero-order chi connectivity index (χ0) is 18.9. The Morgan fingerprint density at radius 1 is 1.35 bits per heavy atom. The first kappa shape index (κ1) is 20.2. The van der Waals surface area contributed by atoms with Gasteiger partial charge in [-0.05, 0) is 38.4 Å². The first-order valence-corrected chi connectivity index (χ1v) is 9.55. The Labute approximate surface area is 157 Å². The third-order valence-electron chi connectivity index (χ3n) is 4.93. The highest BCUT2D eigenvalue weighted by atomic mass is 16.2. The summed E-state index contributed by atoms with van der Waals surface area (Å²) < 4.78 is 0. The summed E-state index contributed by atoms with van der Waals surface area (Å²) in [7, 11) is 3.51. The van der Waals surface area contributed by atoms with Gasteiger partial charge in [-0.15, -0.1) is 0 Å². The summed E-state index contributed by atoms with van der Waals surface area (Å²) in [5, 5.41) is 6.88. The number of nitrogens with one attached hydrogen (secondary N) is 2. The maximum absolute atomic E-state index is 11.9. The molecule has 6 heteroatoms. The largest absolute Gasteiger partial charge is 0.355 e. The summed E-state index contributed by atoms with van der Waals surface area (Å²) >= 11 is 0. The molecule has 0 radical (unpaired) electrons. The van der Waals surface area contributed by atoms with Gasteiger partial charge in [-0.2, -0.15) is 0 Å². The van der Waals surface area contributed by atoms with Crippen LogP contribution in [0.4, 0.5) is 0 Å². The molecule has 1 aromatic carbocycles. The molecule has 6 nitrogen and oxygen atoms in total. The fraction of sp³-hybridized carbons (Fsp3) is 0.600. The van der Waals surface area contributed by atoms with E-state index in [-0.39, 0.29) is 18.5 Å². The van der Waals surface area contributed by atoms with Crippen molar-refractivity contribution in [3.05, 3.63) is 35.9 Å². The summed E-state index contributed by atoms with van der Waals surface area (Å²) in [5.74, 6) is 0.689. The van der Waals surface area contributed by atoms with Crippen LogP contribution in [0.3, 0.4) is 0 Å². The molecule has 2 N–H and O–H groups in total. The molecule has 0 spiro atoms. The molecular formula is C20H33N5O. The normalized spacial score (nSPS) is 19.2. The maximum atomic E-state index is 11.9. The number of benzene rings is 1. The molecule has 1 aromatic rings. The van der Waals surface area contributed by atoms with Crippen molar-refractivity contribution < 1.29 is 4.79 Å². The molecule has 0 bridgehead atoms. The van der Waals surface area contributed by atoms with Crippen molar-refractivity contribution >= 4 is 11.9 Å². The van der Waals surface area contributed by atoms with Gasteiger partial charge in [0.2, 0.25) is 5.91 Å². The highest BCUT2D eigenvalue weighted by Gasteiger charge is 2.23. The lowest BCUT2D eigenvalue weighted by atomic mass is 10.1. The number of hydrogen-bond donors (Lipinski definition) is 2. The van der Waals surface area contributed by atoms with Crippen molar-refractivity contribution in [2.45, 2.75) is 38.8 Å². The standard InChI is InChI=1S/C20H33N5O/c1-5-25-13-9-12-18(25)14-21-20(22-15-19(26)24(3)4)23-16(2)17-10-7-6-8-11-17/h6-8,10-11,16,18H,5,9,12-15H2,1-4H3,(H2,21,22,23). The van der Waals surface area contributed by atoms with Crippen molar-refractivity contribution in [3.8, 4) is 0 Å². The monoisotopic (exact) mass is 359 g/mol. The van der Waals surface area contributed by atoms with Gasteiger partial charge in [0.15, 0.2) is 5.96 Å². The lowest BCUT2D eigenvalue weighted by Gasteiger charge is -2.25. The number of guanidine groups is 1. The fourth-order valence-corrected chi connectivity index (χ4v) is 3.23. The van der Waals surface area contributed by atoms with Crippen LogP contribution in [0.1, 0.15) is 38.3 Å². The predicted molar refractivity (Wildman–Crippen MR) is 107 cm³/mol. The Morgan fingerprint density at radius 3 is 2.73 bits per heavy atom. The van der Waals surface area contributed by atoms with Crippen molar-refractivity contribution in [2.75, 3.05) is 40.3 Å². The van der Waals surface area contributed by atoms with Gasteiger partial charge < -0.3 is 15.5 Å². The van der Waals surface area contributed by atoms with Crippen LogP contribution in [0.25, 0.3) is 0 Å². The van der Waals surface area contributed by atoms with Crippen molar-refractivity contribution in [1.29, 1.82) is 0 Å². The summed E-state index contributed by atoms with van der Waals surface area (Å²) in [5.41, 5.74) is 1.19. The van der Waals surface area contributed by atoms with Gasteiger partial charge in [0, 0.05) is 26.7 Å². The topological polar surface area (TPSA) is 60.0 Å². The third kappa shape index (κ3) is 6.02. The number of likely N-dealkylation sites (tertiary alicyclic amines) is 1. The Balaban J connectivity index is 2.01. The number of aliphatic imine (C=N–C) groups is 1. The summed E-state index contributed by atoms with van der Waals surface area (Å²) in [6.45, 7) is 7.55. The molecule has 26 heavy (non-hydrogen) atoms. The van der Waals surface area contributed by atoms with Crippen LogP contribution in [0, 0.1) is 0 Å². The van der Waals surface area contributed by atoms with Gasteiger partial charge in [-0.3, -0.25) is 9.69 Å². The molecular weight excluding hydrogens is 326 g/mol. The molecule has 2 unspecified atom stereocenters. The molecule has 1 saturated heterocycles. The molecule has 1 amide bonds. The molecule has 0 aromatic heterocycles. The van der Waals surface area contributed by atoms with Gasteiger partial charge >= 0.3 is 0 Å². The second-order valence-electron chi connectivity index (χ2n) is 7.04. The number of rotatable bonds is 7. The Hall–Kier alpha value is -2.08. The minimum atomic E-state index is -0.00508. The summed E-state index contributed by atoms with van der Waals surface area (Å²) in [4.78, 5) is 20.5. The van der Waals surface area contributed by atoms with Crippen LogP contribution in [0.2, 0.25) is 0 Å². The highest BCUT2D eigenvalue weighted by molar-refractivity contribution is 5.85. The highest BCUT2D eigenvalue weighted by Crippen LogP contribution is 2.16. The maximum Gasteiger partial charge on any atom is 0.243 e. The van der Waals surface area contributed by atoms with E-state index in [2.05, 4.69) is 46.5 Å². The quantitative estimate of drug-likeness (QED) is 0.576. The van der Waals surface area contributed by atoms with Crippen LogP contribution >= 0.6 is 0 Å². The van der Waals surface area contributed by atoms with E-state index in [1.54, 1.807) is 19.0 Å². The molecule has 1 aliphatic heterocycles. The lowest BCUT2D eigenvalue weighted by Crippen LogP contribution is -2.45. The molecule has 1 heterocycles. The SMILES string of the molecule is CCN1CCCC1CNC(=NCC(=O)N(C)C)NC(C)c1ccccc1. The Bertz CT molecular complexity index is 587. The molecule has 2 atom stereocenters. The number of carbonyl (C=O) groups excluding carboxylic acids is 1. The predicted octanol–water partition coefficient (Wildman–Crippen LogP) is 1.86. The van der Waals surface area contributed by atoms with E-state index in [4.69, 9.17) is 0 Å². The van der Waals surface area contributed by atoms with Crippen LogP contribution in [-0.2, 0) is 4.79 Å². The first-order valence-electron chi connectivity index (χ1n) is 9.55. The second-order valence-corrected chi connectivity index (χ2v) is 7.04. The number of amides is 1. The van der Waals surface area contributed by atoms with E-state index in [0.717, 1.165) is 13.1 Å². The van der Waals surface area contributed by atoms with Gasteiger partial charge in [0.05, 0.1) is 6.04 Å². The van der Waals surface area contributed by atoms with Crippen LogP contribution in [0.5, 0.6) is 0 Å². The number of hydrogen-bond acceptors (Lipinski definition) is 3. The Kier molecular flexibility index (Phi) is 7.91. The van der Waals surface area contributed by atoms with Gasteiger partial charge in [0.1, 0.15) is 6.54 Å². The fourth-order valence-electron chi connectivity index (χ4n) is 3.23. The van der Waals surface area contributed by atoms with Crippen molar-refractivity contribution in [3.63, 3.8) is 0 Å². The van der Waals surface area contributed by atoms with E-state index in [1.165, 1.54) is 24.9 Å². The molecule has 0 saturated carbocycles. The van der Waals surface area contributed by atoms with Crippen molar-refractivity contribution in [2.24, 2.45) is 4.99 Å². The molecule has 1 fully saturated rings. The number of likely N-dealkylation sites (N-methyl/N-ethyl adjacent to an activating group) is 2. The average molecular weight is 360 g/mol. The smallest absolute Gasteiger partial charge is 0.243 e. The van der Waals surface area contributed by atoms with E-state index in [0.29, 0.717) is 12.0 Å². The minimum absolute atomic E-state index is 0.00508. The van der Waals surface area contributed by atoms with E-state index in [9.17, 15) is 4.79 Å². The summed E-state index contributed by atoms with van der Waals surface area (Å²) in [6.07, 6.45) is 2.46. The van der Waals surface area contributed by atoms with Gasteiger partial charge in [0.25, 0.3) is 0 Å². The molecule has 2 rings (SSSR count).